The molecule has 0 bridgehead atoms. The first-order valence-electron chi connectivity index (χ1n) is 5.85. The van der Waals surface area contributed by atoms with Crippen molar-refractivity contribution < 1.29 is 14.3 Å². The third-order valence-electron chi connectivity index (χ3n) is 2.32. The zero-order valence-electron chi connectivity index (χ0n) is 10.1. The maximum absolute atomic E-state index is 11.4. The Kier molecular flexibility index (Phi) is 4.14. The molecule has 18 heavy (non-hydrogen) atoms. The average Bonchev–Trinajstić information content (AvgIpc) is 3.00. The Morgan fingerprint density at radius 2 is 2.33 bits per heavy atom. The lowest BCUT2D eigenvalue weighted by molar-refractivity contribution is -0.142. The molecule has 98 valence electrons. The fourth-order valence-corrected chi connectivity index (χ4v) is 2.06. The molecular weight excluding hydrogens is 254 g/mol. The normalized spacial score (nSPS) is 14.1. The van der Waals surface area contributed by atoms with E-state index in [0.29, 0.717) is 23.5 Å². The number of carbonyl (C=O) groups is 2. The van der Waals surface area contributed by atoms with Gasteiger partial charge in [0.05, 0.1) is 18.7 Å². The first-order chi connectivity index (χ1) is 8.67. The number of anilines is 1. The van der Waals surface area contributed by atoms with Gasteiger partial charge in [0.25, 0.3) is 0 Å². The van der Waals surface area contributed by atoms with Crippen molar-refractivity contribution >= 4 is 28.5 Å². The Morgan fingerprint density at radius 1 is 1.56 bits per heavy atom. The molecule has 0 atom stereocenters. The molecule has 2 amide bonds. The molecule has 0 saturated heterocycles. The summed E-state index contributed by atoms with van der Waals surface area (Å²) in [6.45, 7) is 2.12. The van der Waals surface area contributed by atoms with Crippen molar-refractivity contribution in [3.05, 3.63) is 11.1 Å². The van der Waals surface area contributed by atoms with Gasteiger partial charge in [-0.15, -0.1) is 11.3 Å². The number of aromatic nitrogens is 1. The molecule has 7 heteroatoms. The second-order valence-electron chi connectivity index (χ2n) is 4.00. The first-order valence-corrected chi connectivity index (χ1v) is 6.73. The summed E-state index contributed by atoms with van der Waals surface area (Å²) in [5, 5.41) is 7.67. The molecule has 6 nitrogen and oxygen atoms in total. The van der Waals surface area contributed by atoms with Gasteiger partial charge in [0.15, 0.2) is 5.13 Å². The van der Waals surface area contributed by atoms with Crippen molar-refractivity contribution in [2.75, 3.05) is 11.9 Å². The number of carbonyl (C=O) groups excluding carboxylic acids is 2. The Balaban J connectivity index is 1.81. The number of ether oxygens (including phenoxy) is 1. The van der Waals surface area contributed by atoms with E-state index in [4.69, 9.17) is 4.74 Å². The van der Waals surface area contributed by atoms with Crippen LogP contribution in [0.1, 0.15) is 25.5 Å². The molecule has 1 aromatic rings. The highest BCUT2D eigenvalue weighted by Crippen LogP contribution is 2.20. The Morgan fingerprint density at radius 3 is 3.00 bits per heavy atom. The third kappa shape index (κ3) is 3.99. The lowest BCUT2D eigenvalue weighted by Crippen LogP contribution is -2.30. The van der Waals surface area contributed by atoms with Crippen molar-refractivity contribution in [1.82, 2.24) is 10.3 Å². The summed E-state index contributed by atoms with van der Waals surface area (Å²) in [5.74, 6) is -0.309. The fraction of sp³-hybridized carbons (Fsp3) is 0.545. The van der Waals surface area contributed by atoms with Crippen LogP contribution in [0.4, 0.5) is 9.93 Å². The summed E-state index contributed by atoms with van der Waals surface area (Å²) in [6, 6.07) is 0.0681. The fourth-order valence-electron chi connectivity index (χ4n) is 1.35. The number of esters is 1. The molecule has 2 rings (SSSR count). The Hall–Kier alpha value is -1.63. The molecule has 0 aliphatic heterocycles. The van der Waals surface area contributed by atoms with Crippen molar-refractivity contribution in [3.8, 4) is 0 Å². The van der Waals surface area contributed by atoms with E-state index in [1.165, 1.54) is 11.3 Å². The van der Waals surface area contributed by atoms with E-state index < -0.39 is 0 Å². The van der Waals surface area contributed by atoms with Crippen LogP contribution in [0.3, 0.4) is 0 Å². The molecule has 1 heterocycles. The van der Waals surface area contributed by atoms with Gasteiger partial charge in [0.2, 0.25) is 0 Å². The van der Waals surface area contributed by atoms with Gasteiger partial charge in [-0.05, 0) is 19.8 Å². The minimum atomic E-state index is -0.309. The molecule has 0 unspecified atom stereocenters. The van der Waals surface area contributed by atoms with Gasteiger partial charge in [0.1, 0.15) is 0 Å². The summed E-state index contributed by atoms with van der Waals surface area (Å²) < 4.78 is 4.82. The Bertz CT molecular complexity index is 442. The largest absolute Gasteiger partial charge is 0.466 e. The first kappa shape index (κ1) is 12.8. The highest BCUT2D eigenvalue weighted by atomic mass is 32.1. The van der Waals surface area contributed by atoms with Crippen LogP contribution in [0, 0.1) is 0 Å². The van der Waals surface area contributed by atoms with Gasteiger partial charge >= 0.3 is 12.0 Å². The maximum Gasteiger partial charge on any atom is 0.321 e. The molecule has 2 N–H and O–H groups in total. The smallest absolute Gasteiger partial charge is 0.321 e. The number of amides is 2. The van der Waals surface area contributed by atoms with Gasteiger partial charge < -0.3 is 10.1 Å². The van der Waals surface area contributed by atoms with Crippen LogP contribution in [0.2, 0.25) is 0 Å². The van der Waals surface area contributed by atoms with Crippen LogP contribution < -0.4 is 10.6 Å². The molecule has 1 aliphatic carbocycles. The van der Waals surface area contributed by atoms with Crippen molar-refractivity contribution in [2.45, 2.75) is 32.2 Å². The van der Waals surface area contributed by atoms with E-state index in [1.807, 2.05) is 0 Å². The van der Waals surface area contributed by atoms with E-state index >= 15 is 0 Å². The van der Waals surface area contributed by atoms with Crippen LogP contribution in [0.5, 0.6) is 0 Å². The zero-order chi connectivity index (χ0) is 13.0. The lowest BCUT2D eigenvalue weighted by Gasteiger charge is -2.02. The minimum Gasteiger partial charge on any atom is -0.466 e. The highest BCUT2D eigenvalue weighted by Gasteiger charge is 2.23. The van der Waals surface area contributed by atoms with Gasteiger partial charge in [-0.25, -0.2) is 9.78 Å². The predicted octanol–water partition coefficient (Wildman–Crippen LogP) is 1.53. The van der Waals surface area contributed by atoms with Gasteiger partial charge in [-0.2, -0.15) is 0 Å². The number of rotatable bonds is 5. The standard InChI is InChI=1S/C11H15N3O3S/c1-2-17-9(15)5-8-6-18-11(13-8)14-10(16)12-7-3-4-7/h6-7H,2-5H2,1H3,(H2,12,13,14,16). The number of hydrogen-bond donors (Lipinski definition) is 2. The van der Waals surface area contributed by atoms with Gasteiger partial charge in [0, 0.05) is 11.4 Å². The second kappa shape index (κ2) is 5.81. The van der Waals surface area contributed by atoms with Gasteiger partial charge in [-0.1, -0.05) is 0 Å². The van der Waals surface area contributed by atoms with E-state index in [9.17, 15) is 9.59 Å². The molecule has 0 radical (unpaired) electrons. The van der Waals surface area contributed by atoms with Gasteiger partial charge in [-0.3, -0.25) is 10.1 Å². The minimum absolute atomic E-state index is 0.135. The summed E-state index contributed by atoms with van der Waals surface area (Å²) >= 11 is 1.29. The van der Waals surface area contributed by atoms with Crippen molar-refractivity contribution in [3.63, 3.8) is 0 Å². The van der Waals surface area contributed by atoms with Crippen LogP contribution in [0.25, 0.3) is 0 Å². The number of thiazole rings is 1. The zero-order valence-corrected chi connectivity index (χ0v) is 10.9. The number of hydrogen-bond acceptors (Lipinski definition) is 5. The molecule has 1 aromatic heterocycles. The van der Waals surface area contributed by atoms with E-state index in [0.717, 1.165) is 12.8 Å². The average molecular weight is 269 g/mol. The quantitative estimate of drug-likeness (QED) is 0.794. The number of nitrogens with one attached hydrogen (secondary N) is 2. The third-order valence-corrected chi connectivity index (χ3v) is 3.12. The maximum atomic E-state index is 11.4. The number of urea groups is 1. The predicted molar refractivity (Wildman–Crippen MR) is 67.6 cm³/mol. The Labute approximate surface area is 109 Å². The van der Waals surface area contributed by atoms with Crippen molar-refractivity contribution in [1.29, 1.82) is 0 Å². The lowest BCUT2D eigenvalue weighted by atomic mass is 10.3. The SMILES string of the molecule is CCOC(=O)Cc1csc(NC(=O)NC2CC2)n1. The topological polar surface area (TPSA) is 80.3 Å². The summed E-state index contributed by atoms with van der Waals surface area (Å²) in [4.78, 5) is 26.8. The van der Waals surface area contributed by atoms with E-state index in [2.05, 4.69) is 15.6 Å². The van der Waals surface area contributed by atoms with Crippen LogP contribution in [0.15, 0.2) is 5.38 Å². The second-order valence-corrected chi connectivity index (χ2v) is 4.86. The molecule has 0 spiro atoms. The molecule has 1 fully saturated rings. The van der Waals surface area contributed by atoms with E-state index in [-0.39, 0.29) is 18.4 Å². The summed E-state index contributed by atoms with van der Waals surface area (Å²) in [6.07, 6.45) is 2.22. The molecule has 1 aliphatic rings. The monoisotopic (exact) mass is 269 g/mol. The molecule has 0 aromatic carbocycles. The highest BCUT2D eigenvalue weighted by molar-refractivity contribution is 7.13. The van der Waals surface area contributed by atoms with Crippen LogP contribution in [-0.4, -0.2) is 29.6 Å². The van der Waals surface area contributed by atoms with Crippen LogP contribution in [-0.2, 0) is 16.0 Å². The summed E-state index contributed by atoms with van der Waals surface area (Å²) in [7, 11) is 0. The van der Waals surface area contributed by atoms with Crippen molar-refractivity contribution in [2.24, 2.45) is 0 Å². The molecular formula is C11H15N3O3S. The van der Waals surface area contributed by atoms with E-state index in [1.54, 1.807) is 12.3 Å². The van der Waals surface area contributed by atoms with Crippen LogP contribution >= 0.6 is 11.3 Å². The summed E-state index contributed by atoms with van der Waals surface area (Å²) in [5.41, 5.74) is 0.611. The molecule has 1 saturated carbocycles. The number of nitrogens with zero attached hydrogens (tertiary/aromatic N) is 1.